The molecule has 0 radical (unpaired) electrons. The number of esters is 1. The van der Waals surface area contributed by atoms with Crippen LogP contribution < -0.4 is 14.2 Å². The van der Waals surface area contributed by atoms with Crippen LogP contribution in [0.25, 0.3) is 6.08 Å². The zero-order valence-corrected chi connectivity index (χ0v) is 17.2. The Hall–Kier alpha value is -3.57. The summed E-state index contributed by atoms with van der Waals surface area (Å²) in [6, 6.07) is 18.5. The second kappa shape index (κ2) is 9.76. The topological polar surface area (TPSA) is 61.8 Å². The normalized spacial score (nSPS) is 10.6. The molecule has 0 saturated heterocycles. The zero-order valence-electron chi connectivity index (χ0n) is 16.4. The number of allylic oxidation sites excluding steroid dienone is 1. The van der Waals surface area contributed by atoms with E-state index < -0.39 is 5.97 Å². The summed E-state index contributed by atoms with van der Waals surface area (Å²) < 4.78 is 15.9. The minimum Gasteiger partial charge on any atom is -0.497 e. The number of ether oxygens (including phenoxy) is 3. The van der Waals surface area contributed by atoms with Crippen LogP contribution in [-0.2, 0) is 0 Å². The fourth-order valence-electron chi connectivity index (χ4n) is 2.75. The van der Waals surface area contributed by atoms with Gasteiger partial charge in [0.25, 0.3) is 0 Å². The van der Waals surface area contributed by atoms with Crippen LogP contribution in [-0.4, -0.2) is 26.0 Å². The van der Waals surface area contributed by atoms with E-state index in [4.69, 9.17) is 25.8 Å². The van der Waals surface area contributed by atoms with E-state index in [0.717, 1.165) is 0 Å². The van der Waals surface area contributed by atoms with Gasteiger partial charge in [-0.3, -0.25) is 4.79 Å². The number of benzene rings is 3. The van der Waals surface area contributed by atoms with Crippen molar-refractivity contribution in [1.29, 1.82) is 0 Å². The SMILES string of the molecule is COc1ccc(C(=O)/C=C/c2ccccc2OC(=O)c2ccccc2Cl)c(OC)c1. The van der Waals surface area contributed by atoms with Crippen molar-refractivity contribution in [1.82, 2.24) is 0 Å². The molecule has 6 heteroatoms. The molecule has 30 heavy (non-hydrogen) atoms. The van der Waals surface area contributed by atoms with Gasteiger partial charge < -0.3 is 14.2 Å². The van der Waals surface area contributed by atoms with Gasteiger partial charge in [-0.2, -0.15) is 0 Å². The predicted octanol–water partition coefficient (Wildman–Crippen LogP) is 5.47. The maximum absolute atomic E-state index is 12.7. The molecule has 152 valence electrons. The van der Waals surface area contributed by atoms with E-state index in [0.29, 0.717) is 33.4 Å². The Morgan fingerprint density at radius 3 is 2.30 bits per heavy atom. The number of ketones is 1. The molecule has 3 aromatic carbocycles. The maximum atomic E-state index is 12.7. The Labute approximate surface area is 179 Å². The molecule has 0 atom stereocenters. The van der Waals surface area contributed by atoms with Crippen LogP contribution in [0, 0.1) is 0 Å². The first-order chi connectivity index (χ1) is 14.5. The molecule has 0 fully saturated rings. The van der Waals surface area contributed by atoms with E-state index in [9.17, 15) is 9.59 Å². The number of rotatable bonds is 7. The van der Waals surface area contributed by atoms with Crippen molar-refractivity contribution in [2.24, 2.45) is 0 Å². The molecule has 0 aliphatic carbocycles. The first-order valence-electron chi connectivity index (χ1n) is 9.03. The standard InChI is InChI=1S/C24H19ClO5/c1-28-17-12-13-19(23(15-17)29-2)21(26)14-11-16-7-3-6-10-22(16)30-24(27)18-8-4-5-9-20(18)25/h3-15H,1-2H3/b14-11+. The minimum absolute atomic E-state index is 0.261. The van der Waals surface area contributed by atoms with Gasteiger partial charge in [0.15, 0.2) is 5.78 Å². The highest BCUT2D eigenvalue weighted by molar-refractivity contribution is 6.33. The molecule has 0 aliphatic rings. The Morgan fingerprint density at radius 1 is 0.833 bits per heavy atom. The van der Waals surface area contributed by atoms with Crippen molar-refractivity contribution in [3.05, 3.63) is 94.5 Å². The number of methoxy groups -OCH3 is 2. The largest absolute Gasteiger partial charge is 0.497 e. The van der Waals surface area contributed by atoms with Gasteiger partial charge in [-0.25, -0.2) is 4.79 Å². The quantitative estimate of drug-likeness (QED) is 0.218. The Kier molecular flexibility index (Phi) is 6.88. The van der Waals surface area contributed by atoms with Crippen molar-refractivity contribution in [2.45, 2.75) is 0 Å². The molecule has 5 nitrogen and oxygen atoms in total. The van der Waals surface area contributed by atoms with Crippen LogP contribution in [0.5, 0.6) is 17.2 Å². The van der Waals surface area contributed by atoms with Crippen LogP contribution in [0.3, 0.4) is 0 Å². The van der Waals surface area contributed by atoms with Crippen LogP contribution in [0.15, 0.2) is 72.8 Å². The number of para-hydroxylation sites is 1. The first kappa shape index (κ1) is 21.1. The summed E-state index contributed by atoms with van der Waals surface area (Å²) in [5.41, 5.74) is 1.22. The van der Waals surface area contributed by atoms with Gasteiger partial charge in [0.2, 0.25) is 0 Å². The third kappa shape index (κ3) is 4.88. The van der Waals surface area contributed by atoms with Gasteiger partial charge in [0.1, 0.15) is 17.2 Å². The lowest BCUT2D eigenvalue weighted by molar-refractivity contribution is 0.0734. The van der Waals surface area contributed by atoms with Crippen molar-refractivity contribution in [2.75, 3.05) is 14.2 Å². The summed E-state index contributed by atoms with van der Waals surface area (Å²) in [5.74, 6) is 0.464. The lowest BCUT2D eigenvalue weighted by Gasteiger charge is -2.09. The summed E-state index contributed by atoms with van der Waals surface area (Å²) in [6.45, 7) is 0. The molecule has 0 amide bonds. The van der Waals surface area contributed by atoms with Gasteiger partial charge in [0, 0.05) is 11.6 Å². The monoisotopic (exact) mass is 422 g/mol. The molecule has 0 bridgehead atoms. The van der Waals surface area contributed by atoms with Crippen LogP contribution >= 0.6 is 11.6 Å². The molecule has 0 N–H and O–H groups in total. The highest BCUT2D eigenvalue weighted by Gasteiger charge is 2.14. The van der Waals surface area contributed by atoms with E-state index >= 15 is 0 Å². The number of carbonyl (C=O) groups excluding carboxylic acids is 2. The Bertz CT molecular complexity index is 1100. The highest BCUT2D eigenvalue weighted by Crippen LogP contribution is 2.27. The molecule has 3 rings (SSSR count). The van der Waals surface area contributed by atoms with Crippen LogP contribution in [0.4, 0.5) is 0 Å². The second-order valence-electron chi connectivity index (χ2n) is 6.17. The van der Waals surface area contributed by atoms with Gasteiger partial charge in [-0.1, -0.05) is 41.9 Å². The molecule has 0 aromatic heterocycles. The fraction of sp³-hybridized carbons (Fsp3) is 0.0833. The Balaban J connectivity index is 1.83. The number of hydrogen-bond acceptors (Lipinski definition) is 5. The predicted molar refractivity (Wildman–Crippen MR) is 116 cm³/mol. The zero-order chi connectivity index (χ0) is 21.5. The van der Waals surface area contributed by atoms with Crippen molar-refractivity contribution >= 4 is 29.4 Å². The van der Waals surface area contributed by atoms with Gasteiger partial charge >= 0.3 is 5.97 Å². The third-order valence-electron chi connectivity index (χ3n) is 4.30. The van der Waals surface area contributed by atoms with Gasteiger partial charge in [-0.05, 0) is 42.5 Å². The van der Waals surface area contributed by atoms with Gasteiger partial charge in [-0.15, -0.1) is 0 Å². The van der Waals surface area contributed by atoms with Gasteiger partial charge in [0.05, 0.1) is 30.4 Å². The molecular formula is C24H19ClO5. The second-order valence-corrected chi connectivity index (χ2v) is 6.58. The summed E-state index contributed by atoms with van der Waals surface area (Å²) in [5, 5.41) is 0.303. The number of halogens is 1. The number of hydrogen-bond donors (Lipinski definition) is 0. The summed E-state index contributed by atoms with van der Waals surface area (Å²) in [7, 11) is 3.02. The molecular weight excluding hydrogens is 404 g/mol. The maximum Gasteiger partial charge on any atom is 0.345 e. The summed E-state index contributed by atoms with van der Waals surface area (Å²) in [4.78, 5) is 25.1. The van der Waals surface area contributed by atoms with Crippen LogP contribution in [0.2, 0.25) is 5.02 Å². The van der Waals surface area contributed by atoms with E-state index in [-0.39, 0.29) is 11.3 Å². The molecule has 0 aliphatic heterocycles. The summed E-state index contributed by atoms with van der Waals surface area (Å²) >= 11 is 6.07. The molecule has 0 unspecified atom stereocenters. The van der Waals surface area contributed by atoms with Crippen molar-refractivity contribution in [3.63, 3.8) is 0 Å². The third-order valence-corrected chi connectivity index (χ3v) is 4.63. The van der Waals surface area contributed by atoms with E-state index in [1.165, 1.54) is 20.3 Å². The lowest BCUT2D eigenvalue weighted by Crippen LogP contribution is -2.09. The molecule has 3 aromatic rings. The molecule has 0 heterocycles. The van der Waals surface area contributed by atoms with E-state index in [1.54, 1.807) is 72.8 Å². The molecule has 0 saturated carbocycles. The summed E-state index contributed by atoms with van der Waals surface area (Å²) in [6.07, 6.45) is 2.98. The highest BCUT2D eigenvalue weighted by atomic mass is 35.5. The van der Waals surface area contributed by atoms with E-state index in [1.807, 2.05) is 0 Å². The van der Waals surface area contributed by atoms with Crippen LogP contribution in [0.1, 0.15) is 26.3 Å². The minimum atomic E-state index is -0.579. The molecule has 0 spiro atoms. The first-order valence-corrected chi connectivity index (χ1v) is 9.41. The van der Waals surface area contributed by atoms with Crippen molar-refractivity contribution < 1.29 is 23.8 Å². The smallest absolute Gasteiger partial charge is 0.345 e. The van der Waals surface area contributed by atoms with Crippen molar-refractivity contribution in [3.8, 4) is 17.2 Å². The fourth-order valence-corrected chi connectivity index (χ4v) is 2.96. The number of carbonyl (C=O) groups is 2. The lowest BCUT2D eigenvalue weighted by atomic mass is 10.1. The average molecular weight is 423 g/mol. The van der Waals surface area contributed by atoms with E-state index in [2.05, 4.69) is 0 Å². The average Bonchev–Trinajstić information content (AvgIpc) is 2.78. The Morgan fingerprint density at radius 2 is 1.57 bits per heavy atom.